The molecule has 1 rings (SSSR count). The molecule has 0 heterocycles. The third kappa shape index (κ3) is 2.34. The van der Waals surface area contributed by atoms with Crippen molar-refractivity contribution < 1.29 is 4.79 Å². The third-order valence-corrected chi connectivity index (χ3v) is 2.81. The highest BCUT2D eigenvalue weighted by Crippen LogP contribution is 2.24. The van der Waals surface area contributed by atoms with E-state index in [4.69, 9.17) is 11.6 Å². The molecule has 2 heteroatoms. The van der Waals surface area contributed by atoms with Crippen molar-refractivity contribution in [2.45, 2.75) is 44.4 Å². The number of carbonyl (C=O) groups excluding carboxylic acids is 1. The molecule has 0 fully saturated rings. The summed E-state index contributed by atoms with van der Waals surface area (Å²) >= 11 is 5.99. The summed E-state index contributed by atoms with van der Waals surface area (Å²) in [6, 6.07) is 0. The number of allylic oxidation sites excluding steroid dienone is 2. The van der Waals surface area contributed by atoms with Crippen LogP contribution in [-0.2, 0) is 4.79 Å². The molecule has 0 aromatic rings. The Morgan fingerprint density at radius 1 is 1.67 bits per heavy atom. The van der Waals surface area contributed by atoms with E-state index >= 15 is 0 Å². The Hall–Kier alpha value is -0.300. The predicted molar refractivity (Wildman–Crippen MR) is 51.5 cm³/mol. The van der Waals surface area contributed by atoms with Crippen molar-refractivity contribution in [2.75, 3.05) is 0 Å². The van der Waals surface area contributed by atoms with E-state index in [1.54, 1.807) is 0 Å². The lowest BCUT2D eigenvalue weighted by Gasteiger charge is -2.16. The monoisotopic (exact) mass is 186 g/mol. The maximum atomic E-state index is 11.2. The maximum absolute atomic E-state index is 11.2. The molecule has 0 aromatic carbocycles. The fraction of sp³-hybridized carbons (Fsp3) is 0.700. The van der Waals surface area contributed by atoms with Gasteiger partial charge in [-0.05, 0) is 31.3 Å². The van der Waals surface area contributed by atoms with Gasteiger partial charge in [0.05, 0.1) is 0 Å². The molecular formula is C10H15ClO. The van der Waals surface area contributed by atoms with Gasteiger partial charge >= 0.3 is 0 Å². The van der Waals surface area contributed by atoms with Gasteiger partial charge in [0.2, 0.25) is 0 Å². The topological polar surface area (TPSA) is 17.1 Å². The molecule has 1 nitrogen and oxygen atoms in total. The summed E-state index contributed by atoms with van der Waals surface area (Å²) in [5.74, 6) is 0.157. The van der Waals surface area contributed by atoms with E-state index in [0.717, 1.165) is 18.4 Å². The van der Waals surface area contributed by atoms with Gasteiger partial charge in [0, 0.05) is 6.42 Å². The van der Waals surface area contributed by atoms with Gasteiger partial charge in [-0.15, -0.1) is 11.6 Å². The lowest BCUT2D eigenvalue weighted by Crippen LogP contribution is -2.17. The van der Waals surface area contributed by atoms with Crippen LogP contribution in [0.2, 0.25) is 0 Å². The van der Waals surface area contributed by atoms with Crippen LogP contribution in [0.15, 0.2) is 11.6 Å². The summed E-state index contributed by atoms with van der Waals surface area (Å²) < 4.78 is 0. The second-order valence-electron chi connectivity index (χ2n) is 3.21. The Kier molecular flexibility index (Phi) is 3.80. The zero-order chi connectivity index (χ0) is 8.97. The lowest BCUT2D eigenvalue weighted by molar-refractivity contribution is -0.117. The Morgan fingerprint density at radius 3 is 2.92 bits per heavy atom. The van der Waals surface area contributed by atoms with Crippen molar-refractivity contribution in [3.05, 3.63) is 11.6 Å². The lowest BCUT2D eigenvalue weighted by atomic mass is 9.95. The van der Waals surface area contributed by atoms with Gasteiger partial charge in [-0.25, -0.2) is 0 Å². The van der Waals surface area contributed by atoms with E-state index in [1.165, 1.54) is 12.8 Å². The largest absolute Gasteiger partial charge is 0.298 e. The smallest absolute Gasteiger partial charge is 0.154 e. The first kappa shape index (κ1) is 9.79. The molecule has 0 amide bonds. The van der Waals surface area contributed by atoms with E-state index in [-0.39, 0.29) is 11.2 Å². The van der Waals surface area contributed by atoms with Crippen molar-refractivity contribution in [2.24, 2.45) is 0 Å². The molecule has 0 aromatic heterocycles. The van der Waals surface area contributed by atoms with Gasteiger partial charge in [0.25, 0.3) is 0 Å². The summed E-state index contributed by atoms with van der Waals surface area (Å²) in [5.41, 5.74) is 1.15. The highest BCUT2D eigenvalue weighted by molar-refractivity contribution is 6.33. The molecule has 1 atom stereocenters. The number of Topliss-reactive ketones (excluding diaryl/α,β-unsaturated/α-hetero) is 1. The molecule has 0 radical (unpaired) electrons. The first-order chi connectivity index (χ1) is 5.75. The van der Waals surface area contributed by atoms with Crippen molar-refractivity contribution >= 4 is 17.4 Å². The summed E-state index contributed by atoms with van der Waals surface area (Å²) in [4.78, 5) is 11.2. The number of hydrogen-bond acceptors (Lipinski definition) is 1. The van der Waals surface area contributed by atoms with Crippen LogP contribution in [0.4, 0.5) is 0 Å². The van der Waals surface area contributed by atoms with Crippen molar-refractivity contribution in [3.8, 4) is 0 Å². The van der Waals surface area contributed by atoms with Gasteiger partial charge in [0.15, 0.2) is 5.78 Å². The Morgan fingerprint density at radius 2 is 2.42 bits per heavy atom. The first-order valence-corrected chi connectivity index (χ1v) is 5.05. The van der Waals surface area contributed by atoms with Crippen LogP contribution in [-0.4, -0.2) is 11.2 Å². The molecule has 0 N–H and O–H groups in total. The van der Waals surface area contributed by atoms with Crippen LogP contribution in [0.5, 0.6) is 0 Å². The minimum absolute atomic E-state index is 0.157. The van der Waals surface area contributed by atoms with E-state index in [0.29, 0.717) is 6.42 Å². The quantitative estimate of drug-likeness (QED) is 0.489. The Labute approximate surface area is 78.8 Å². The number of halogens is 1. The minimum Gasteiger partial charge on any atom is -0.298 e. The van der Waals surface area contributed by atoms with E-state index in [1.807, 2.05) is 6.92 Å². The maximum Gasteiger partial charge on any atom is 0.154 e. The Balaban J connectivity index is 2.56. The van der Waals surface area contributed by atoms with Crippen LogP contribution in [0.25, 0.3) is 0 Å². The number of carbonyl (C=O) groups is 1. The third-order valence-electron chi connectivity index (χ3n) is 2.28. The average molecular weight is 187 g/mol. The van der Waals surface area contributed by atoms with Gasteiger partial charge in [-0.2, -0.15) is 0 Å². The number of alkyl halides is 1. The van der Waals surface area contributed by atoms with Crippen molar-refractivity contribution in [1.29, 1.82) is 0 Å². The van der Waals surface area contributed by atoms with Gasteiger partial charge < -0.3 is 0 Å². The molecule has 12 heavy (non-hydrogen) atoms. The Bertz CT molecular complexity index is 196. The summed E-state index contributed by atoms with van der Waals surface area (Å²) in [6.07, 6.45) is 7.22. The normalized spacial score (nSPS) is 20.0. The highest BCUT2D eigenvalue weighted by Gasteiger charge is 2.18. The van der Waals surface area contributed by atoms with Crippen molar-refractivity contribution in [3.63, 3.8) is 0 Å². The number of ketones is 1. The summed E-state index contributed by atoms with van der Waals surface area (Å²) in [7, 11) is 0. The van der Waals surface area contributed by atoms with Crippen LogP contribution >= 0.6 is 11.6 Å². The van der Waals surface area contributed by atoms with E-state index in [9.17, 15) is 4.79 Å². The average Bonchev–Trinajstić information content (AvgIpc) is 2.17. The molecule has 0 saturated carbocycles. The second kappa shape index (κ2) is 4.66. The fourth-order valence-corrected chi connectivity index (χ4v) is 1.83. The zero-order valence-corrected chi connectivity index (χ0v) is 8.23. The molecule has 0 spiro atoms. The number of hydrogen-bond donors (Lipinski definition) is 0. The molecule has 1 unspecified atom stereocenters. The minimum atomic E-state index is -0.338. The summed E-state index contributed by atoms with van der Waals surface area (Å²) in [6.45, 7) is 1.86. The molecular weight excluding hydrogens is 172 g/mol. The van der Waals surface area contributed by atoms with Crippen molar-refractivity contribution in [1.82, 2.24) is 0 Å². The zero-order valence-electron chi connectivity index (χ0n) is 7.48. The molecule has 68 valence electrons. The van der Waals surface area contributed by atoms with Gasteiger partial charge in [-0.3, -0.25) is 4.79 Å². The van der Waals surface area contributed by atoms with E-state index in [2.05, 4.69) is 6.08 Å². The molecule has 1 aliphatic rings. The number of rotatable bonds is 3. The van der Waals surface area contributed by atoms with Crippen LogP contribution in [0, 0.1) is 0 Å². The van der Waals surface area contributed by atoms with Crippen LogP contribution in [0.3, 0.4) is 0 Å². The highest BCUT2D eigenvalue weighted by atomic mass is 35.5. The fourth-order valence-electron chi connectivity index (χ4n) is 1.48. The standard InChI is InChI=1S/C10H15ClO/c1-2-9(12)10(11)8-6-4-3-5-7-8/h6,10H,2-5,7H2,1H3. The first-order valence-electron chi connectivity index (χ1n) is 4.61. The molecule has 0 saturated heterocycles. The van der Waals surface area contributed by atoms with E-state index < -0.39 is 0 Å². The molecule has 1 aliphatic carbocycles. The summed E-state index contributed by atoms with van der Waals surface area (Å²) in [5, 5.41) is -0.338. The molecule has 0 bridgehead atoms. The van der Waals surface area contributed by atoms with Gasteiger partial charge in [0.1, 0.15) is 5.38 Å². The van der Waals surface area contributed by atoms with Crippen LogP contribution in [0.1, 0.15) is 39.0 Å². The van der Waals surface area contributed by atoms with Gasteiger partial charge in [-0.1, -0.05) is 13.0 Å². The van der Waals surface area contributed by atoms with Crippen LogP contribution < -0.4 is 0 Å². The SMILES string of the molecule is CCC(=O)C(Cl)C1=CCCCC1. The predicted octanol–water partition coefficient (Wildman–Crippen LogP) is 3.07. The molecule has 0 aliphatic heterocycles. The second-order valence-corrected chi connectivity index (χ2v) is 3.64.